The molecule has 1 aromatic heterocycles. The number of hydrogen-bond donors (Lipinski definition) is 1. The van der Waals surface area contributed by atoms with Gasteiger partial charge < -0.3 is 5.32 Å². The molecule has 0 bridgehead atoms. The van der Waals surface area contributed by atoms with Crippen molar-refractivity contribution >= 4 is 11.3 Å². The summed E-state index contributed by atoms with van der Waals surface area (Å²) in [7, 11) is 0. The van der Waals surface area contributed by atoms with Crippen molar-refractivity contribution < 1.29 is 0 Å². The molecule has 1 saturated heterocycles. The van der Waals surface area contributed by atoms with Gasteiger partial charge in [-0.2, -0.15) is 0 Å². The number of rotatable bonds is 3. The summed E-state index contributed by atoms with van der Waals surface area (Å²) < 4.78 is 0. The van der Waals surface area contributed by atoms with Gasteiger partial charge >= 0.3 is 0 Å². The fraction of sp³-hybridized carbons (Fsp3) is 0.385. The monoisotopic (exact) mass is 260 g/mol. The molecule has 4 nitrogen and oxygen atoms in total. The average molecular weight is 260 g/mol. The van der Waals surface area contributed by atoms with Crippen molar-refractivity contribution in [2.24, 2.45) is 0 Å². The number of piperazine rings is 1. The van der Waals surface area contributed by atoms with Crippen molar-refractivity contribution in [1.29, 1.82) is 0 Å². The Morgan fingerprint density at radius 1 is 1.33 bits per heavy atom. The van der Waals surface area contributed by atoms with Gasteiger partial charge in [0.15, 0.2) is 0 Å². The molecular weight excluding hydrogens is 244 g/mol. The molecule has 1 unspecified atom stereocenters. The van der Waals surface area contributed by atoms with Gasteiger partial charge in [-0.15, -0.1) is 21.5 Å². The molecule has 2 aromatic rings. The van der Waals surface area contributed by atoms with E-state index in [-0.39, 0.29) is 0 Å². The molecule has 3 rings (SSSR count). The van der Waals surface area contributed by atoms with Gasteiger partial charge in [0.25, 0.3) is 0 Å². The van der Waals surface area contributed by atoms with Crippen LogP contribution in [-0.2, 0) is 6.54 Å². The lowest BCUT2D eigenvalue weighted by Gasteiger charge is -2.35. The predicted molar refractivity (Wildman–Crippen MR) is 72.4 cm³/mol. The van der Waals surface area contributed by atoms with E-state index in [0.29, 0.717) is 6.04 Å². The Morgan fingerprint density at radius 2 is 2.22 bits per heavy atom. The third-order valence-electron chi connectivity index (χ3n) is 3.28. The van der Waals surface area contributed by atoms with Gasteiger partial charge in [-0.25, -0.2) is 0 Å². The van der Waals surface area contributed by atoms with Crippen LogP contribution in [0.5, 0.6) is 0 Å². The number of nitrogens with one attached hydrogen (secondary N) is 1. The van der Waals surface area contributed by atoms with Gasteiger partial charge in [0.2, 0.25) is 0 Å². The molecule has 1 aliphatic rings. The van der Waals surface area contributed by atoms with Crippen LogP contribution in [0.1, 0.15) is 16.6 Å². The molecule has 5 heteroatoms. The molecule has 1 fully saturated rings. The molecule has 18 heavy (non-hydrogen) atoms. The average Bonchev–Trinajstić information content (AvgIpc) is 2.93. The molecule has 0 aliphatic carbocycles. The Hall–Kier alpha value is -1.30. The molecule has 1 aromatic carbocycles. The minimum atomic E-state index is 0.434. The quantitative estimate of drug-likeness (QED) is 0.911. The van der Waals surface area contributed by atoms with Gasteiger partial charge in [0, 0.05) is 25.7 Å². The van der Waals surface area contributed by atoms with E-state index < -0.39 is 0 Å². The van der Waals surface area contributed by atoms with Crippen LogP contribution >= 0.6 is 11.3 Å². The summed E-state index contributed by atoms with van der Waals surface area (Å²) >= 11 is 1.63. The molecule has 0 radical (unpaired) electrons. The highest BCUT2D eigenvalue weighted by atomic mass is 32.1. The maximum absolute atomic E-state index is 4.14. The lowest BCUT2D eigenvalue weighted by atomic mass is 10.0. The topological polar surface area (TPSA) is 41.0 Å². The number of nitrogens with zero attached hydrogens (tertiary/aromatic N) is 3. The SMILES string of the molecule is c1ccc(C2CNCCN2Cc2nncs2)cc1. The van der Waals surface area contributed by atoms with Crippen LogP contribution in [0.25, 0.3) is 0 Å². The summed E-state index contributed by atoms with van der Waals surface area (Å²) in [6, 6.07) is 11.1. The lowest BCUT2D eigenvalue weighted by Crippen LogP contribution is -2.45. The van der Waals surface area contributed by atoms with Gasteiger partial charge in [0.1, 0.15) is 10.5 Å². The van der Waals surface area contributed by atoms with Crippen LogP contribution in [-0.4, -0.2) is 34.7 Å². The highest BCUT2D eigenvalue weighted by Crippen LogP contribution is 2.24. The van der Waals surface area contributed by atoms with Crippen molar-refractivity contribution in [3.8, 4) is 0 Å². The highest BCUT2D eigenvalue weighted by molar-refractivity contribution is 7.09. The molecule has 1 N–H and O–H groups in total. The van der Waals surface area contributed by atoms with Crippen LogP contribution < -0.4 is 5.32 Å². The standard InChI is InChI=1S/C13H16N4S/c1-2-4-11(5-3-1)12-8-14-6-7-17(12)9-13-16-15-10-18-13/h1-5,10,12,14H,6-9H2. The minimum Gasteiger partial charge on any atom is -0.314 e. The van der Waals surface area contributed by atoms with Crippen molar-refractivity contribution in [2.75, 3.05) is 19.6 Å². The molecule has 1 atom stereocenters. The summed E-state index contributed by atoms with van der Waals surface area (Å²) in [5.41, 5.74) is 3.17. The number of benzene rings is 1. The first-order valence-corrected chi connectivity index (χ1v) is 7.06. The predicted octanol–water partition coefficient (Wildman–Crippen LogP) is 1.68. The van der Waals surface area contributed by atoms with Crippen molar-refractivity contribution in [2.45, 2.75) is 12.6 Å². The van der Waals surface area contributed by atoms with Crippen molar-refractivity contribution in [3.63, 3.8) is 0 Å². The Labute approximate surface area is 111 Å². The molecule has 94 valence electrons. The normalized spacial score (nSPS) is 21.0. The zero-order valence-electron chi connectivity index (χ0n) is 10.1. The highest BCUT2D eigenvalue weighted by Gasteiger charge is 2.24. The Bertz CT molecular complexity index is 471. The van der Waals surface area contributed by atoms with Gasteiger partial charge in [-0.05, 0) is 5.56 Å². The number of aromatic nitrogens is 2. The lowest BCUT2D eigenvalue weighted by molar-refractivity contribution is 0.153. The van der Waals surface area contributed by atoms with Crippen LogP contribution in [0.2, 0.25) is 0 Å². The van der Waals surface area contributed by atoms with E-state index in [1.54, 1.807) is 16.8 Å². The largest absolute Gasteiger partial charge is 0.314 e. The fourth-order valence-corrected chi connectivity index (χ4v) is 2.93. The Kier molecular flexibility index (Phi) is 3.64. The number of hydrogen-bond acceptors (Lipinski definition) is 5. The van der Waals surface area contributed by atoms with E-state index in [1.165, 1.54) is 5.56 Å². The maximum atomic E-state index is 4.14. The van der Waals surface area contributed by atoms with Crippen LogP contribution in [0, 0.1) is 0 Å². The first-order chi connectivity index (χ1) is 8.93. The summed E-state index contributed by atoms with van der Waals surface area (Å²) in [5.74, 6) is 0. The Balaban J connectivity index is 1.78. The van der Waals surface area contributed by atoms with E-state index in [2.05, 4.69) is 50.7 Å². The summed E-state index contributed by atoms with van der Waals surface area (Å²) in [6.07, 6.45) is 0. The third kappa shape index (κ3) is 2.58. The van der Waals surface area contributed by atoms with Crippen LogP contribution in [0.3, 0.4) is 0 Å². The molecule has 1 aliphatic heterocycles. The van der Waals surface area contributed by atoms with E-state index in [4.69, 9.17) is 0 Å². The Morgan fingerprint density at radius 3 is 3.00 bits per heavy atom. The minimum absolute atomic E-state index is 0.434. The first-order valence-electron chi connectivity index (χ1n) is 6.18. The molecule has 0 amide bonds. The van der Waals surface area contributed by atoms with Crippen LogP contribution in [0.4, 0.5) is 0 Å². The maximum Gasteiger partial charge on any atom is 0.131 e. The second kappa shape index (κ2) is 5.56. The van der Waals surface area contributed by atoms with E-state index >= 15 is 0 Å². The third-order valence-corrected chi connectivity index (χ3v) is 3.96. The van der Waals surface area contributed by atoms with Crippen molar-refractivity contribution in [1.82, 2.24) is 20.4 Å². The van der Waals surface area contributed by atoms with E-state index in [9.17, 15) is 0 Å². The van der Waals surface area contributed by atoms with Gasteiger partial charge in [0.05, 0.1) is 6.54 Å². The van der Waals surface area contributed by atoms with Gasteiger partial charge in [-0.1, -0.05) is 30.3 Å². The smallest absolute Gasteiger partial charge is 0.131 e. The fourth-order valence-electron chi connectivity index (χ4n) is 2.38. The van der Waals surface area contributed by atoms with Crippen molar-refractivity contribution in [3.05, 3.63) is 46.4 Å². The summed E-state index contributed by atoms with van der Waals surface area (Å²) in [5, 5.41) is 12.6. The van der Waals surface area contributed by atoms with E-state index in [1.807, 2.05) is 0 Å². The molecule has 2 heterocycles. The second-order valence-electron chi connectivity index (χ2n) is 4.43. The van der Waals surface area contributed by atoms with Crippen LogP contribution in [0.15, 0.2) is 35.8 Å². The second-order valence-corrected chi connectivity index (χ2v) is 5.35. The van der Waals surface area contributed by atoms with Gasteiger partial charge in [-0.3, -0.25) is 4.90 Å². The molecule has 0 saturated carbocycles. The zero-order chi connectivity index (χ0) is 12.2. The first kappa shape index (κ1) is 11.8. The molecule has 0 spiro atoms. The summed E-state index contributed by atoms with van der Waals surface area (Å²) in [4.78, 5) is 2.48. The summed E-state index contributed by atoms with van der Waals surface area (Å²) in [6.45, 7) is 4.00. The zero-order valence-corrected chi connectivity index (χ0v) is 10.9. The molecular formula is C13H16N4S. The van der Waals surface area contributed by atoms with E-state index in [0.717, 1.165) is 31.2 Å².